The Bertz CT molecular complexity index is 980. The first-order valence-corrected chi connectivity index (χ1v) is 10.3. The third-order valence-electron chi connectivity index (χ3n) is 5.18. The summed E-state index contributed by atoms with van der Waals surface area (Å²) in [6, 6.07) is 22.1. The molecule has 0 bridgehead atoms. The number of anilines is 2. The molecule has 0 unspecified atom stereocenters. The maximum absolute atomic E-state index is 12.9. The van der Waals surface area contributed by atoms with Crippen molar-refractivity contribution in [1.29, 1.82) is 0 Å². The Balaban J connectivity index is 1.30. The van der Waals surface area contributed by atoms with E-state index in [-0.39, 0.29) is 5.91 Å². The lowest BCUT2D eigenvalue weighted by Crippen LogP contribution is -2.48. The maximum atomic E-state index is 12.9. The zero-order chi connectivity index (χ0) is 20.6. The van der Waals surface area contributed by atoms with Gasteiger partial charge in [-0.1, -0.05) is 60.7 Å². The molecule has 1 saturated heterocycles. The molecule has 0 saturated carbocycles. The molecular formula is C25H26N4O. The number of carbonyl (C=O) groups excluding carboxylic acids is 1. The first-order chi connectivity index (χ1) is 14.8. The molecule has 1 fully saturated rings. The van der Waals surface area contributed by atoms with Gasteiger partial charge in [-0.3, -0.25) is 14.7 Å². The van der Waals surface area contributed by atoms with Gasteiger partial charge in [-0.05, 0) is 23.8 Å². The van der Waals surface area contributed by atoms with E-state index in [1.54, 1.807) is 12.4 Å². The average Bonchev–Trinajstić information content (AvgIpc) is 2.81. The zero-order valence-corrected chi connectivity index (χ0v) is 16.9. The number of carbonyl (C=O) groups is 1. The third-order valence-corrected chi connectivity index (χ3v) is 5.18. The zero-order valence-electron chi connectivity index (χ0n) is 16.9. The van der Waals surface area contributed by atoms with Crippen molar-refractivity contribution in [3.63, 3.8) is 0 Å². The Morgan fingerprint density at radius 1 is 0.900 bits per heavy atom. The minimum atomic E-state index is 0.0405. The number of aromatic nitrogens is 1. The van der Waals surface area contributed by atoms with Crippen molar-refractivity contribution in [2.75, 3.05) is 38.0 Å². The molecule has 5 heteroatoms. The quantitative estimate of drug-likeness (QED) is 0.673. The molecule has 1 amide bonds. The number of nitrogens with zero attached hydrogens (tertiary/aromatic N) is 3. The van der Waals surface area contributed by atoms with Crippen molar-refractivity contribution in [3.05, 3.63) is 96.3 Å². The van der Waals surface area contributed by atoms with Gasteiger partial charge in [-0.25, -0.2) is 0 Å². The number of piperazine rings is 1. The van der Waals surface area contributed by atoms with Crippen LogP contribution in [0.1, 0.15) is 15.9 Å². The summed E-state index contributed by atoms with van der Waals surface area (Å²) in [5.41, 5.74) is 3.62. The molecule has 0 atom stereocenters. The van der Waals surface area contributed by atoms with Gasteiger partial charge in [-0.15, -0.1) is 0 Å². The van der Waals surface area contributed by atoms with E-state index in [2.05, 4.69) is 39.5 Å². The first-order valence-electron chi connectivity index (χ1n) is 10.3. The maximum Gasteiger partial charge on any atom is 0.255 e. The van der Waals surface area contributed by atoms with Crippen molar-refractivity contribution in [3.8, 4) is 0 Å². The van der Waals surface area contributed by atoms with Gasteiger partial charge < -0.3 is 10.2 Å². The highest BCUT2D eigenvalue weighted by atomic mass is 16.2. The van der Waals surface area contributed by atoms with Crippen LogP contribution in [0.25, 0.3) is 6.08 Å². The topological polar surface area (TPSA) is 48.5 Å². The fourth-order valence-corrected chi connectivity index (χ4v) is 3.53. The molecule has 2 heterocycles. The fraction of sp³-hybridized carbons (Fsp3) is 0.200. The third kappa shape index (κ3) is 5.33. The molecule has 0 aliphatic carbocycles. The lowest BCUT2D eigenvalue weighted by atomic mass is 10.2. The van der Waals surface area contributed by atoms with E-state index in [0.29, 0.717) is 5.56 Å². The number of benzene rings is 2. The van der Waals surface area contributed by atoms with Gasteiger partial charge in [0, 0.05) is 44.6 Å². The average molecular weight is 399 g/mol. The molecule has 1 aliphatic rings. The van der Waals surface area contributed by atoms with E-state index in [9.17, 15) is 4.79 Å². The molecule has 1 N–H and O–H groups in total. The highest BCUT2D eigenvalue weighted by Gasteiger charge is 2.22. The second-order valence-corrected chi connectivity index (χ2v) is 7.36. The summed E-state index contributed by atoms with van der Waals surface area (Å²) >= 11 is 0. The van der Waals surface area contributed by atoms with Gasteiger partial charge in [0.05, 0.1) is 17.4 Å². The molecule has 152 valence electrons. The summed E-state index contributed by atoms with van der Waals surface area (Å²) in [6.07, 6.45) is 7.72. The number of hydrogen-bond acceptors (Lipinski definition) is 4. The van der Waals surface area contributed by atoms with Crippen molar-refractivity contribution in [2.24, 2.45) is 0 Å². The lowest BCUT2D eigenvalue weighted by Gasteiger charge is -2.34. The van der Waals surface area contributed by atoms with E-state index in [0.717, 1.165) is 44.1 Å². The van der Waals surface area contributed by atoms with Crippen molar-refractivity contribution >= 4 is 23.4 Å². The molecule has 0 spiro atoms. The summed E-state index contributed by atoms with van der Waals surface area (Å²) in [7, 11) is 0. The van der Waals surface area contributed by atoms with Gasteiger partial charge in [-0.2, -0.15) is 0 Å². The van der Waals surface area contributed by atoms with Crippen LogP contribution in [0.2, 0.25) is 0 Å². The second kappa shape index (κ2) is 9.85. The predicted octanol–water partition coefficient (Wildman–Crippen LogP) is 4.30. The van der Waals surface area contributed by atoms with Gasteiger partial charge in [0.1, 0.15) is 0 Å². The van der Waals surface area contributed by atoms with Crippen molar-refractivity contribution in [2.45, 2.75) is 0 Å². The van der Waals surface area contributed by atoms with Crippen LogP contribution in [0.4, 0.5) is 11.4 Å². The van der Waals surface area contributed by atoms with Crippen LogP contribution in [0.5, 0.6) is 0 Å². The summed E-state index contributed by atoms with van der Waals surface area (Å²) < 4.78 is 0. The predicted molar refractivity (Wildman–Crippen MR) is 122 cm³/mol. The van der Waals surface area contributed by atoms with Gasteiger partial charge in [0.2, 0.25) is 0 Å². The van der Waals surface area contributed by atoms with Gasteiger partial charge in [0.25, 0.3) is 5.91 Å². The van der Waals surface area contributed by atoms with Crippen LogP contribution < -0.4 is 5.32 Å². The number of rotatable bonds is 6. The monoisotopic (exact) mass is 398 g/mol. The fourth-order valence-electron chi connectivity index (χ4n) is 3.53. The van der Waals surface area contributed by atoms with Crippen LogP contribution in [0.3, 0.4) is 0 Å². The van der Waals surface area contributed by atoms with E-state index >= 15 is 0 Å². The number of amides is 1. The van der Waals surface area contributed by atoms with E-state index in [1.807, 2.05) is 59.5 Å². The number of hydrogen-bond donors (Lipinski definition) is 1. The van der Waals surface area contributed by atoms with Crippen molar-refractivity contribution in [1.82, 2.24) is 14.8 Å². The van der Waals surface area contributed by atoms with Crippen LogP contribution in [0.15, 0.2) is 85.2 Å². The van der Waals surface area contributed by atoms with Crippen LogP contribution in [-0.4, -0.2) is 53.4 Å². The normalized spacial score (nSPS) is 14.7. The highest BCUT2D eigenvalue weighted by Crippen LogP contribution is 2.17. The van der Waals surface area contributed by atoms with Gasteiger partial charge in [0.15, 0.2) is 0 Å². The molecule has 1 aliphatic heterocycles. The second-order valence-electron chi connectivity index (χ2n) is 7.36. The number of pyridine rings is 1. The molecule has 4 rings (SSSR count). The largest absolute Gasteiger partial charge is 0.354 e. The standard InChI is InChI=1S/C25H26N4O/c30-25(22-18-24(20-26-19-22)27-23-11-5-2-6-12-23)29-16-14-28(15-17-29)13-7-10-21-8-3-1-4-9-21/h1-12,18-20,27H,13-17H2/b10-7+. The molecule has 30 heavy (non-hydrogen) atoms. The number of para-hydroxylation sites is 1. The molecule has 5 nitrogen and oxygen atoms in total. The number of nitrogens with one attached hydrogen (secondary N) is 1. The van der Waals surface area contributed by atoms with E-state index in [4.69, 9.17) is 0 Å². The smallest absolute Gasteiger partial charge is 0.255 e. The highest BCUT2D eigenvalue weighted by molar-refractivity contribution is 5.95. The summed E-state index contributed by atoms with van der Waals surface area (Å²) in [5, 5.41) is 3.30. The Morgan fingerprint density at radius 2 is 1.60 bits per heavy atom. The van der Waals surface area contributed by atoms with Gasteiger partial charge >= 0.3 is 0 Å². The summed E-state index contributed by atoms with van der Waals surface area (Å²) in [4.78, 5) is 21.5. The summed E-state index contributed by atoms with van der Waals surface area (Å²) in [6.45, 7) is 4.11. The Labute approximate surface area is 177 Å². The Kier molecular flexibility index (Phi) is 6.52. The molecule has 3 aromatic rings. The molecule has 0 radical (unpaired) electrons. The lowest BCUT2D eigenvalue weighted by molar-refractivity contribution is 0.0650. The minimum Gasteiger partial charge on any atom is -0.354 e. The van der Waals surface area contributed by atoms with Crippen molar-refractivity contribution < 1.29 is 4.79 Å². The van der Waals surface area contributed by atoms with Crippen LogP contribution in [0, 0.1) is 0 Å². The van der Waals surface area contributed by atoms with Crippen LogP contribution >= 0.6 is 0 Å². The van der Waals surface area contributed by atoms with E-state index in [1.165, 1.54) is 5.56 Å². The SMILES string of the molecule is O=C(c1cncc(Nc2ccccc2)c1)N1CCN(C/C=C/c2ccccc2)CC1. The van der Waals surface area contributed by atoms with Crippen LogP contribution in [-0.2, 0) is 0 Å². The molecular weight excluding hydrogens is 372 g/mol. The Morgan fingerprint density at radius 3 is 2.33 bits per heavy atom. The minimum absolute atomic E-state index is 0.0405. The first kappa shape index (κ1) is 19.9. The summed E-state index contributed by atoms with van der Waals surface area (Å²) in [5.74, 6) is 0.0405. The molecule has 1 aromatic heterocycles. The molecule has 2 aromatic carbocycles. The Hall–Kier alpha value is -3.44. The van der Waals surface area contributed by atoms with E-state index < -0.39 is 0 Å².